The number of aliphatic hydroxyl groups excluding tert-OH is 1. The number of carbonyl (C=O) groups is 2. The van der Waals surface area contributed by atoms with Gasteiger partial charge in [0.05, 0.1) is 36.5 Å². The molecule has 1 aromatic carbocycles. The van der Waals surface area contributed by atoms with E-state index in [1.165, 1.54) is 55.2 Å². The highest BCUT2D eigenvalue weighted by Gasteiger charge is 2.20. The largest absolute Gasteiger partial charge is 0.435 e. The van der Waals surface area contributed by atoms with Crippen LogP contribution in [0.1, 0.15) is 34.5 Å². The third-order valence-electron chi connectivity index (χ3n) is 5.28. The molecule has 2 N–H and O–H groups in total. The summed E-state index contributed by atoms with van der Waals surface area (Å²) < 4.78 is 30.5. The van der Waals surface area contributed by atoms with Crippen molar-refractivity contribution in [3.05, 3.63) is 78.1 Å². The Balaban J connectivity index is 1.50. The summed E-state index contributed by atoms with van der Waals surface area (Å²) in [5.74, 6) is -0.715. The van der Waals surface area contributed by atoms with Gasteiger partial charge in [-0.2, -0.15) is 8.78 Å². The summed E-state index contributed by atoms with van der Waals surface area (Å²) in [5, 5.41) is 12.8. The number of ketones is 1. The van der Waals surface area contributed by atoms with Gasteiger partial charge in [0.15, 0.2) is 5.78 Å². The Hall–Kier alpha value is -4.25. The van der Waals surface area contributed by atoms with E-state index < -0.39 is 6.61 Å². The second-order valence-corrected chi connectivity index (χ2v) is 7.78. The van der Waals surface area contributed by atoms with Crippen LogP contribution in [0, 0.1) is 0 Å². The number of aliphatic hydroxyl groups is 1. The molecule has 9 nitrogen and oxygen atoms in total. The number of rotatable bonds is 9. The number of nitrogens with one attached hydrogen (secondary N) is 1. The topological polar surface area (TPSA) is 119 Å². The molecule has 1 atom stereocenters. The second kappa shape index (κ2) is 10.3. The lowest BCUT2D eigenvalue weighted by molar-refractivity contribution is -0.115. The molecular formula is C24H21F2N5O4. The predicted molar refractivity (Wildman–Crippen MR) is 122 cm³/mol. The number of amides is 1. The van der Waals surface area contributed by atoms with Crippen molar-refractivity contribution >= 4 is 28.4 Å². The van der Waals surface area contributed by atoms with Gasteiger partial charge in [0, 0.05) is 29.5 Å². The lowest BCUT2D eigenvalue weighted by Gasteiger charge is -2.10. The van der Waals surface area contributed by atoms with Crippen LogP contribution in [-0.4, -0.2) is 49.5 Å². The third-order valence-corrected chi connectivity index (χ3v) is 5.28. The maximum atomic E-state index is 13.3. The summed E-state index contributed by atoms with van der Waals surface area (Å²) in [6.45, 7) is -1.26. The maximum Gasteiger partial charge on any atom is 0.387 e. The molecule has 0 unspecified atom stereocenters. The van der Waals surface area contributed by atoms with E-state index in [9.17, 15) is 23.5 Å². The van der Waals surface area contributed by atoms with E-state index in [-0.39, 0.29) is 42.1 Å². The van der Waals surface area contributed by atoms with Crippen LogP contribution >= 0.6 is 0 Å². The molecule has 0 aliphatic heterocycles. The number of hydrogen-bond donors (Lipinski definition) is 2. The van der Waals surface area contributed by atoms with Crippen molar-refractivity contribution in [3.63, 3.8) is 0 Å². The van der Waals surface area contributed by atoms with E-state index in [2.05, 4.69) is 25.0 Å². The summed E-state index contributed by atoms with van der Waals surface area (Å²) >= 11 is 0. The molecule has 0 fully saturated rings. The van der Waals surface area contributed by atoms with E-state index in [0.29, 0.717) is 27.8 Å². The van der Waals surface area contributed by atoms with Crippen molar-refractivity contribution in [2.75, 3.05) is 11.9 Å². The SMILES string of the molecule is C[C@@H](CO)n1cc(C(=O)c2cncc(NC(=O)Cc3ccc(OC(F)F)cc3)c2)c2cncnc21. The molecule has 4 aromatic rings. The molecule has 0 bridgehead atoms. The van der Waals surface area contributed by atoms with Crippen LogP contribution in [0.5, 0.6) is 5.75 Å². The standard InChI is InChI=1S/C24H21F2N5O4/c1-14(12-32)31-11-20(19-10-28-13-29-23(19)31)22(34)16-7-17(9-27-8-16)30-21(33)6-15-2-4-18(5-3-15)35-24(25)26/h2-5,7-11,13-14,24,32H,6,12H2,1H3,(H,30,33)/t14-/m0/s1. The van der Waals surface area contributed by atoms with Gasteiger partial charge in [0.2, 0.25) is 5.91 Å². The van der Waals surface area contributed by atoms with Gasteiger partial charge in [-0.05, 0) is 30.7 Å². The monoisotopic (exact) mass is 481 g/mol. The highest BCUT2D eigenvalue weighted by molar-refractivity contribution is 6.16. The second-order valence-electron chi connectivity index (χ2n) is 7.78. The molecule has 1 amide bonds. The summed E-state index contributed by atoms with van der Waals surface area (Å²) in [6, 6.07) is 6.95. The third kappa shape index (κ3) is 5.46. The van der Waals surface area contributed by atoms with Gasteiger partial charge in [-0.25, -0.2) is 9.97 Å². The van der Waals surface area contributed by atoms with Crippen LogP contribution < -0.4 is 10.1 Å². The van der Waals surface area contributed by atoms with E-state index in [4.69, 9.17) is 0 Å². The Kier molecular flexibility index (Phi) is 7.06. The maximum absolute atomic E-state index is 13.3. The lowest BCUT2D eigenvalue weighted by atomic mass is 10.1. The van der Waals surface area contributed by atoms with Gasteiger partial charge in [-0.1, -0.05) is 12.1 Å². The van der Waals surface area contributed by atoms with Crippen molar-refractivity contribution in [1.82, 2.24) is 19.5 Å². The van der Waals surface area contributed by atoms with Crippen molar-refractivity contribution < 1.29 is 28.2 Å². The Morgan fingerprint density at radius 2 is 1.91 bits per heavy atom. The fourth-order valence-corrected chi connectivity index (χ4v) is 3.56. The Bertz CT molecular complexity index is 1360. The summed E-state index contributed by atoms with van der Waals surface area (Å²) in [5.41, 5.74) is 2.03. The minimum Gasteiger partial charge on any atom is -0.435 e. The van der Waals surface area contributed by atoms with Crippen molar-refractivity contribution in [2.45, 2.75) is 26.0 Å². The average molecular weight is 481 g/mol. The molecule has 0 aliphatic rings. The number of carbonyl (C=O) groups excluding carboxylic acids is 2. The predicted octanol–water partition coefficient (Wildman–Crippen LogP) is 3.39. The highest BCUT2D eigenvalue weighted by Crippen LogP contribution is 2.25. The zero-order valence-corrected chi connectivity index (χ0v) is 18.6. The van der Waals surface area contributed by atoms with E-state index in [1.54, 1.807) is 17.7 Å². The molecule has 3 heterocycles. The number of pyridine rings is 1. The quantitative estimate of drug-likeness (QED) is 0.352. The highest BCUT2D eigenvalue weighted by atomic mass is 19.3. The van der Waals surface area contributed by atoms with Gasteiger partial charge in [0.25, 0.3) is 0 Å². The average Bonchev–Trinajstić information content (AvgIpc) is 3.24. The Morgan fingerprint density at radius 3 is 2.63 bits per heavy atom. The van der Waals surface area contributed by atoms with Crippen LogP contribution in [0.25, 0.3) is 11.0 Å². The number of ether oxygens (including phenoxy) is 1. The molecule has 0 radical (unpaired) electrons. The van der Waals surface area contributed by atoms with E-state index in [0.717, 1.165) is 0 Å². The van der Waals surface area contributed by atoms with Gasteiger partial charge in [-0.3, -0.25) is 14.6 Å². The lowest BCUT2D eigenvalue weighted by Crippen LogP contribution is -2.15. The smallest absolute Gasteiger partial charge is 0.387 e. The summed E-state index contributed by atoms with van der Waals surface area (Å²) in [7, 11) is 0. The first-order valence-corrected chi connectivity index (χ1v) is 10.6. The van der Waals surface area contributed by atoms with Crippen LogP contribution in [-0.2, 0) is 11.2 Å². The van der Waals surface area contributed by atoms with Crippen LogP contribution in [0.15, 0.2) is 61.4 Å². The first-order valence-electron chi connectivity index (χ1n) is 10.6. The van der Waals surface area contributed by atoms with Crippen LogP contribution in [0.3, 0.4) is 0 Å². The normalized spacial score (nSPS) is 12.0. The molecule has 11 heteroatoms. The minimum atomic E-state index is -2.92. The number of halogens is 2. The van der Waals surface area contributed by atoms with Crippen LogP contribution in [0.2, 0.25) is 0 Å². The minimum absolute atomic E-state index is 0.000268. The van der Waals surface area contributed by atoms with Crippen molar-refractivity contribution in [1.29, 1.82) is 0 Å². The van der Waals surface area contributed by atoms with Gasteiger partial charge in [-0.15, -0.1) is 0 Å². The van der Waals surface area contributed by atoms with Gasteiger partial charge >= 0.3 is 6.61 Å². The summed E-state index contributed by atoms with van der Waals surface area (Å²) in [6.07, 6.45) is 7.31. The Labute approximate surface area is 198 Å². The molecular weight excluding hydrogens is 460 g/mol. The molecule has 0 spiro atoms. The van der Waals surface area contributed by atoms with Gasteiger partial charge in [0.1, 0.15) is 17.7 Å². The molecule has 0 saturated heterocycles. The number of alkyl halides is 2. The van der Waals surface area contributed by atoms with E-state index >= 15 is 0 Å². The number of fused-ring (bicyclic) bond motifs is 1. The first-order chi connectivity index (χ1) is 16.9. The molecule has 0 aliphatic carbocycles. The zero-order valence-electron chi connectivity index (χ0n) is 18.6. The number of anilines is 1. The molecule has 35 heavy (non-hydrogen) atoms. The van der Waals surface area contributed by atoms with Crippen LogP contribution in [0.4, 0.5) is 14.5 Å². The van der Waals surface area contributed by atoms with E-state index in [1.807, 2.05) is 0 Å². The van der Waals surface area contributed by atoms with Crippen molar-refractivity contribution in [3.8, 4) is 5.75 Å². The fraction of sp³-hybridized carbons (Fsp3) is 0.208. The first kappa shape index (κ1) is 23.9. The summed E-state index contributed by atoms with van der Waals surface area (Å²) in [4.78, 5) is 38.0. The van der Waals surface area contributed by atoms with Gasteiger partial charge < -0.3 is 19.7 Å². The zero-order chi connectivity index (χ0) is 24.9. The number of nitrogens with zero attached hydrogens (tertiary/aromatic N) is 4. The fourth-order valence-electron chi connectivity index (χ4n) is 3.56. The molecule has 0 saturated carbocycles. The molecule has 3 aromatic heterocycles. The van der Waals surface area contributed by atoms with Crippen molar-refractivity contribution in [2.24, 2.45) is 0 Å². The Morgan fingerprint density at radius 1 is 1.14 bits per heavy atom. The molecule has 180 valence electrons. The number of benzene rings is 1. The number of hydrogen-bond acceptors (Lipinski definition) is 7. The molecule has 4 rings (SSSR count). The number of aromatic nitrogens is 4.